The molecule has 174 valence electrons. The van der Waals surface area contributed by atoms with Crippen LogP contribution in [-0.4, -0.2) is 32.0 Å². The van der Waals surface area contributed by atoms with Crippen LogP contribution in [0, 0.1) is 24.8 Å². The lowest BCUT2D eigenvalue weighted by Gasteiger charge is -2.27. The topological polar surface area (TPSA) is 46.6 Å². The molecule has 0 aromatic heterocycles. The van der Waals surface area contributed by atoms with Crippen molar-refractivity contribution in [3.63, 3.8) is 0 Å². The average Bonchev–Trinajstić information content (AvgIpc) is 2.84. The molecule has 0 N–H and O–H groups in total. The van der Waals surface area contributed by atoms with Crippen LogP contribution in [-0.2, 0) is 14.8 Å². The predicted molar refractivity (Wildman–Crippen MR) is 135 cm³/mol. The Labute approximate surface area is 199 Å². The molecule has 5 heteroatoms. The lowest BCUT2D eigenvalue weighted by atomic mass is 9.85. The highest BCUT2D eigenvalue weighted by Gasteiger charge is 2.24. The van der Waals surface area contributed by atoms with Crippen molar-refractivity contribution < 1.29 is 13.2 Å². The molecule has 0 saturated heterocycles. The molecule has 0 amide bonds. The highest BCUT2D eigenvalue weighted by Crippen LogP contribution is 2.28. The van der Waals surface area contributed by atoms with Gasteiger partial charge in [0.2, 0.25) is 0 Å². The van der Waals surface area contributed by atoms with E-state index in [0.29, 0.717) is 12.5 Å². The van der Waals surface area contributed by atoms with Crippen molar-refractivity contribution in [2.24, 2.45) is 5.92 Å². The fraction of sp³-hybridized carbons (Fsp3) is 0.357. The van der Waals surface area contributed by atoms with Crippen molar-refractivity contribution in [1.82, 2.24) is 4.31 Å². The van der Waals surface area contributed by atoms with Crippen LogP contribution in [0.2, 0.25) is 0 Å². The summed E-state index contributed by atoms with van der Waals surface area (Å²) in [5.41, 5.74) is 2.12. The zero-order valence-electron chi connectivity index (χ0n) is 19.3. The Hall–Kier alpha value is -2.81. The van der Waals surface area contributed by atoms with E-state index in [-0.39, 0.29) is 17.5 Å². The molecule has 1 aliphatic rings. The van der Waals surface area contributed by atoms with Crippen molar-refractivity contribution >= 4 is 16.1 Å². The molecule has 1 atom stereocenters. The summed E-state index contributed by atoms with van der Waals surface area (Å²) in [4.78, 5) is 0.227. The van der Waals surface area contributed by atoms with Gasteiger partial charge in [0, 0.05) is 6.04 Å². The van der Waals surface area contributed by atoms with Crippen molar-refractivity contribution in [1.29, 1.82) is 0 Å². The fourth-order valence-electron chi connectivity index (χ4n) is 3.93. The van der Waals surface area contributed by atoms with Gasteiger partial charge < -0.3 is 4.74 Å². The van der Waals surface area contributed by atoms with Gasteiger partial charge in [0.25, 0.3) is 10.0 Å². The zero-order valence-corrected chi connectivity index (χ0v) is 20.1. The first-order valence-electron chi connectivity index (χ1n) is 11.6. The summed E-state index contributed by atoms with van der Waals surface area (Å²) < 4.78 is 33.7. The second-order valence-corrected chi connectivity index (χ2v) is 10.2. The van der Waals surface area contributed by atoms with Gasteiger partial charge in [-0.2, -0.15) is 0 Å². The van der Waals surface area contributed by atoms with Crippen LogP contribution in [0.3, 0.4) is 0 Å². The number of rotatable bonds is 9. The largest absolute Gasteiger partial charge is 0.361 e. The van der Waals surface area contributed by atoms with E-state index in [9.17, 15) is 8.42 Å². The highest BCUT2D eigenvalue weighted by atomic mass is 32.2. The smallest absolute Gasteiger partial charge is 0.271 e. The Morgan fingerprint density at radius 1 is 1.09 bits per heavy atom. The van der Waals surface area contributed by atoms with Gasteiger partial charge >= 0.3 is 0 Å². The predicted octanol–water partition coefficient (Wildman–Crippen LogP) is 5.81. The van der Waals surface area contributed by atoms with Crippen LogP contribution in [0.4, 0.5) is 0 Å². The van der Waals surface area contributed by atoms with E-state index >= 15 is 0 Å². The summed E-state index contributed by atoms with van der Waals surface area (Å²) in [7, 11) is -3.75. The van der Waals surface area contributed by atoms with E-state index in [1.165, 1.54) is 10.7 Å². The summed E-state index contributed by atoms with van der Waals surface area (Å²) in [6.45, 7) is 6.19. The number of nitrogens with zero attached hydrogens (tertiary/aromatic N) is 1. The third-order valence-corrected chi connectivity index (χ3v) is 7.48. The minimum Gasteiger partial charge on any atom is -0.361 e. The number of benzene rings is 2. The van der Waals surface area contributed by atoms with E-state index in [2.05, 4.69) is 18.5 Å². The van der Waals surface area contributed by atoms with Gasteiger partial charge in [-0.25, -0.2) is 12.7 Å². The molecule has 0 spiro atoms. The second-order valence-electron chi connectivity index (χ2n) is 8.36. The van der Waals surface area contributed by atoms with Crippen molar-refractivity contribution in [3.05, 3.63) is 84.5 Å². The van der Waals surface area contributed by atoms with Gasteiger partial charge in [-0.3, -0.25) is 0 Å². The van der Waals surface area contributed by atoms with Gasteiger partial charge in [0.15, 0.2) is 0 Å². The molecule has 4 nitrogen and oxygen atoms in total. The Morgan fingerprint density at radius 3 is 2.45 bits per heavy atom. The monoisotopic (exact) mass is 463 g/mol. The van der Waals surface area contributed by atoms with Crippen LogP contribution in [0.15, 0.2) is 78.2 Å². The molecular weight excluding hydrogens is 430 g/mol. The highest BCUT2D eigenvalue weighted by molar-refractivity contribution is 7.89. The second kappa shape index (κ2) is 12.4. The summed E-state index contributed by atoms with van der Waals surface area (Å²) in [5, 5.41) is 0. The molecule has 0 heterocycles. The van der Waals surface area contributed by atoms with Gasteiger partial charge in [-0.05, 0) is 49.3 Å². The molecule has 0 aliphatic heterocycles. The van der Waals surface area contributed by atoms with Crippen LogP contribution < -0.4 is 0 Å². The maximum absolute atomic E-state index is 13.2. The summed E-state index contributed by atoms with van der Waals surface area (Å²) in [6.07, 6.45) is 10.9. The Morgan fingerprint density at radius 2 is 1.79 bits per heavy atom. The van der Waals surface area contributed by atoms with Crippen LogP contribution in [0.1, 0.15) is 43.2 Å². The summed E-state index contributed by atoms with van der Waals surface area (Å²) in [5.74, 6) is 3.46. The fourth-order valence-corrected chi connectivity index (χ4v) is 5.14. The lowest BCUT2D eigenvalue weighted by molar-refractivity contribution is 0.0558. The molecule has 1 aliphatic carbocycles. The Kier molecular flexibility index (Phi) is 9.35. The number of ether oxygens (including phenoxy) is 1. The van der Waals surface area contributed by atoms with Gasteiger partial charge in [0.05, 0.1) is 18.0 Å². The van der Waals surface area contributed by atoms with Gasteiger partial charge in [0.1, 0.15) is 6.10 Å². The molecule has 1 fully saturated rings. The van der Waals surface area contributed by atoms with Crippen molar-refractivity contribution in [3.8, 4) is 12.0 Å². The lowest BCUT2D eigenvalue weighted by Crippen LogP contribution is -2.29. The normalized spacial score (nSPS) is 15.5. The van der Waals surface area contributed by atoms with Crippen molar-refractivity contribution in [2.45, 2.75) is 50.0 Å². The molecule has 2 aromatic rings. The van der Waals surface area contributed by atoms with E-state index in [1.807, 2.05) is 49.4 Å². The Bertz CT molecular complexity index is 1070. The standard InChI is InChI=1S/C28H33NO3S/c1-3-21-29(33(30,31)27-18-16-24(2)17-19-27)22-20-28(26-14-8-5-9-15-26)32-23-10-13-25-11-6-4-7-12-25/h3-4,6-7,10-13,16-19,26,28H,1,5,8-9,14-15,21,23H2,2H3/b13-10+. The third kappa shape index (κ3) is 7.35. The molecular formula is C28H33NO3S. The average molecular weight is 464 g/mol. The first-order chi connectivity index (χ1) is 16.0. The van der Waals surface area contributed by atoms with Gasteiger partial charge in [-0.1, -0.05) is 85.5 Å². The SMILES string of the molecule is C=CCN(C#CC(OC/C=C/c1ccccc1)C1CCCCC1)S(=O)(=O)c1ccc(C)cc1. The van der Waals surface area contributed by atoms with Crippen molar-refractivity contribution in [2.75, 3.05) is 13.2 Å². The number of sulfonamides is 1. The zero-order chi connectivity index (χ0) is 23.5. The summed E-state index contributed by atoms with van der Waals surface area (Å²) in [6, 6.07) is 19.8. The molecule has 0 radical (unpaired) electrons. The van der Waals surface area contributed by atoms with Crippen LogP contribution >= 0.6 is 0 Å². The number of aryl methyl sites for hydroxylation is 1. The minimum atomic E-state index is -3.75. The molecule has 33 heavy (non-hydrogen) atoms. The van der Waals surface area contributed by atoms with E-state index in [1.54, 1.807) is 30.3 Å². The van der Waals surface area contributed by atoms with Crippen LogP contribution in [0.5, 0.6) is 0 Å². The first-order valence-corrected chi connectivity index (χ1v) is 13.0. The molecule has 0 bridgehead atoms. The van der Waals surface area contributed by atoms with Crippen LogP contribution in [0.25, 0.3) is 6.08 Å². The quantitative estimate of drug-likeness (QED) is 0.268. The first kappa shape index (κ1) is 24.8. The minimum absolute atomic E-state index is 0.120. The maximum Gasteiger partial charge on any atom is 0.271 e. The molecule has 1 unspecified atom stereocenters. The van der Waals surface area contributed by atoms with E-state index in [4.69, 9.17) is 4.74 Å². The van der Waals surface area contributed by atoms with Gasteiger partial charge in [-0.15, -0.1) is 6.58 Å². The molecule has 2 aromatic carbocycles. The Balaban J connectivity index is 1.77. The maximum atomic E-state index is 13.2. The number of hydrogen-bond acceptors (Lipinski definition) is 3. The molecule has 1 saturated carbocycles. The molecule has 3 rings (SSSR count). The summed E-state index contributed by atoms with van der Waals surface area (Å²) >= 11 is 0. The van der Waals surface area contributed by atoms with E-state index < -0.39 is 10.0 Å². The number of hydrogen-bond donors (Lipinski definition) is 0. The van der Waals surface area contributed by atoms with E-state index in [0.717, 1.165) is 36.8 Å². The third-order valence-electron chi connectivity index (χ3n) is 5.80.